The van der Waals surface area contributed by atoms with Gasteiger partial charge in [0.05, 0.1) is 17.9 Å². The molecule has 4 rings (SSSR count). The molecular weight excluding hydrogens is 330 g/mol. The molecule has 0 saturated heterocycles. The summed E-state index contributed by atoms with van der Waals surface area (Å²) in [6.07, 6.45) is 8.14. The zero-order valence-corrected chi connectivity index (χ0v) is 14.8. The predicted molar refractivity (Wildman–Crippen MR) is 101 cm³/mol. The fourth-order valence-corrected chi connectivity index (χ4v) is 4.18. The lowest BCUT2D eigenvalue weighted by Gasteiger charge is -2.32. The highest BCUT2D eigenvalue weighted by molar-refractivity contribution is 7.10. The third-order valence-corrected chi connectivity index (χ3v) is 5.60. The number of carbonyl (C=O) groups excluding carboxylic acids is 1. The van der Waals surface area contributed by atoms with Crippen LogP contribution in [0.5, 0.6) is 0 Å². The van der Waals surface area contributed by atoms with Crippen LogP contribution in [0.15, 0.2) is 60.2 Å². The van der Waals surface area contributed by atoms with Crippen molar-refractivity contribution in [1.29, 1.82) is 0 Å². The summed E-state index contributed by atoms with van der Waals surface area (Å²) in [4.78, 5) is 16.0. The number of hydrogen-bond donors (Lipinski definition) is 0. The first-order valence-corrected chi connectivity index (χ1v) is 9.25. The van der Waals surface area contributed by atoms with Crippen molar-refractivity contribution in [2.45, 2.75) is 19.4 Å². The summed E-state index contributed by atoms with van der Waals surface area (Å²) in [5.74, 6) is 0.0526. The molecule has 0 spiro atoms. The fraction of sp³-hybridized carbons (Fsp3) is 0.200. The summed E-state index contributed by atoms with van der Waals surface area (Å²) in [7, 11) is 0. The van der Waals surface area contributed by atoms with Gasteiger partial charge in [-0.25, -0.2) is 4.68 Å². The highest BCUT2D eigenvalue weighted by Crippen LogP contribution is 2.32. The van der Waals surface area contributed by atoms with Gasteiger partial charge in [-0.1, -0.05) is 18.2 Å². The van der Waals surface area contributed by atoms with Crippen LogP contribution in [-0.2, 0) is 11.2 Å². The van der Waals surface area contributed by atoms with Crippen molar-refractivity contribution in [1.82, 2.24) is 14.7 Å². The number of rotatable bonds is 3. The SMILES string of the molecule is C[C@H]1c2ccsc2CCN1C(=O)/C=C/c1cnn(-c2ccccc2)c1. The average molecular weight is 349 g/mol. The van der Waals surface area contributed by atoms with E-state index in [9.17, 15) is 4.79 Å². The normalized spacial score (nSPS) is 17.0. The molecule has 4 nitrogen and oxygen atoms in total. The van der Waals surface area contributed by atoms with Gasteiger partial charge < -0.3 is 4.90 Å². The highest BCUT2D eigenvalue weighted by atomic mass is 32.1. The number of benzene rings is 1. The first-order chi connectivity index (χ1) is 12.2. The Labute approximate surface area is 151 Å². The lowest BCUT2D eigenvalue weighted by Crippen LogP contribution is -2.37. The topological polar surface area (TPSA) is 38.1 Å². The quantitative estimate of drug-likeness (QED) is 0.668. The van der Waals surface area contributed by atoms with Crippen LogP contribution in [-0.4, -0.2) is 27.1 Å². The summed E-state index contributed by atoms with van der Waals surface area (Å²) in [6, 6.07) is 12.2. The molecule has 0 radical (unpaired) electrons. The molecule has 1 aromatic carbocycles. The number of carbonyl (C=O) groups is 1. The van der Waals surface area contributed by atoms with Crippen LogP contribution in [0.25, 0.3) is 11.8 Å². The molecule has 3 aromatic rings. The van der Waals surface area contributed by atoms with Gasteiger partial charge in [0, 0.05) is 29.3 Å². The molecule has 0 fully saturated rings. The van der Waals surface area contributed by atoms with Gasteiger partial charge >= 0.3 is 0 Å². The Hall–Kier alpha value is -2.66. The molecule has 1 atom stereocenters. The molecule has 0 aliphatic carbocycles. The van der Waals surface area contributed by atoms with E-state index in [-0.39, 0.29) is 11.9 Å². The van der Waals surface area contributed by atoms with Gasteiger partial charge in [-0.15, -0.1) is 11.3 Å². The van der Waals surface area contributed by atoms with Gasteiger partial charge in [-0.2, -0.15) is 5.10 Å². The van der Waals surface area contributed by atoms with Crippen molar-refractivity contribution >= 4 is 23.3 Å². The fourth-order valence-electron chi connectivity index (χ4n) is 3.22. The zero-order chi connectivity index (χ0) is 17.2. The van der Waals surface area contributed by atoms with E-state index < -0.39 is 0 Å². The molecule has 0 N–H and O–H groups in total. The average Bonchev–Trinajstić information content (AvgIpc) is 3.30. The third kappa shape index (κ3) is 3.15. The van der Waals surface area contributed by atoms with Crippen molar-refractivity contribution < 1.29 is 4.79 Å². The number of thiophene rings is 1. The Morgan fingerprint density at radius 2 is 2.12 bits per heavy atom. The molecular formula is C20H19N3OS. The monoisotopic (exact) mass is 349 g/mol. The number of amides is 1. The Kier molecular flexibility index (Phi) is 4.24. The highest BCUT2D eigenvalue weighted by Gasteiger charge is 2.26. The number of aromatic nitrogens is 2. The standard InChI is InChI=1S/C20H19N3OS/c1-15-18-10-12-25-19(18)9-11-22(15)20(24)8-7-16-13-21-23(14-16)17-5-3-2-4-6-17/h2-8,10,12-15H,9,11H2,1H3/b8-7+/t15-/m0/s1. The first kappa shape index (κ1) is 15.8. The maximum absolute atomic E-state index is 12.6. The lowest BCUT2D eigenvalue weighted by atomic mass is 10.0. The van der Waals surface area contributed by atoms with Crippen LogP contribution in [0.1, 0.15) is 29.0 Å². The molecule has 1 aliphatic heterocycles. The van der Waals surface area contributed by atoms with E-state index in [0.717, 1.165) is 24.2 Å². The zero-order valence-electron chi connectivity index (χ0n) is 14.0. The largest absolute Gasteiger partial charge is 0.332 e. The summed E-state index contributed by atoms with van der Waals surface area (Å²) in [5.41, 5.74) is 3.20. The molecule has 25 heavy (non-hydrogen) atoms. The summed E-state index contributed by atoms with van der Waals surface area (Å²) in [6.45, 7) is 2.88. The van der Waals surface area contributed by atoms with E-state index in [4.69, 9.17) is 0 Å². The minimum atomic E-state index is 0.0526. The van der Waals surface area contributed by atoms with Crippen molar-refractivity contribution in [3.05, 3.63) is 76.3 Å². The number of para-hydroxylation sites is 1. The molecule has 5 heteroatoms. The van der Waals surface area contributed by atoms with Crippen LogP contribution >= 0.6 is 11.3 Å². The van der Waals surface area contributed by atoms with E-state index >= 15 is 0 Å². The molecule has 2 aromatic heterocycles. The lowest BCUT2D eigenvalue weighted by molar-refractivity contribution is -0.128. The molecule has 1 aliphatic rings. The van der Waals surface area contributed by atoms with E-state index in [1.165, 1.54) is 10.4 Å². The van der Waals surface area contributed by atoms with Crippen LogP contribution in [0, 0.1) is 0 Å². The number of nitrogens with zero attached hydrogens (tertiary/aromatic N) is 3. The van der Waals surface area contributed by atoms with E-state index in [2.05, 4.69) is 23.5 Å². The number of fused-ring (bicyclic) bond motifs is 1. The van der Waals surface area contributed by atoms with Crippen molar-refractivity contribution in [3.8, 4) is 5.69 Å². The second kappa shape index (κ2) is 6.69. The molecule has 0 saturated carbocycles. The van der Waals surface area contributed by atoms with Gasteiger partial charge in [0.1, 0.15) is 0 Å². The van der Waals surface area contributed by atoms with E-state index in [1.807, 2.05) is 52.2 Å². The first-order valence-electron chi connectivity index (χ1n) is 8.37. The van der Waals surface area contributed by atoms with Crippen LogP contribution < -0.4 is 0 Å². The Bertz CT molecular complexity index is 910. The summed E-state index contributed by atoms with van der Waals surface area (Å²) in [5, 5.41) is 6.47. The maximum Gasteiger partial charge on any atom is 0.247 e. The van der Waals surface area contributed by atoms with Crippen LogP contribution in [0.2, 0.25) is 0 Å². The minimum Gasteiger partial charge on any atom is -0.332 e. The molecule has 126 valence electrons. The van der Waals surface area contributed by atoms with Crippen LogP contribution in [0.3, 0.4) is 0 Å². The predicted octanol–water partition coefficient (Wildman–Crippen LogP) is 4.09. The smallest absolute Gasteiger partial charge is 0.247 e. The van der Waals surface area contributed by atoms with Gasteiger partial charge in [-0.3, -0.25) is 4.79 Å². The Balaban J connectivity index is 1.47. The second-order valence-electron chi connectivity index (χ2n) is 6.14. The molecule has 3 heterocycles. The van der Waals surface area contributed by atoms with Gasteiger partial charge in [0.2, 0.25) is 5.91 Å². The van der Waals surface area contributed by atoms with Crippen molar-refractivity contribution in [2.24, 2.45) is 0 Å². The Morgan fingerprint density at radius 1 is 1.28 bits per heavy atom. The maximum atomic E-state index is 12.6. The van der Waals surface area contributed by atoms with Gasteiger partial charge in [0.25, 0.3) is 0 Å². The summed E-state index contributed by atoms with van der Waals surface area (Å²) >= 11 is 1.79. The van der Waals surface area contributed by atoms with E-state index in [0.29, 0.717) is 0 Å². The molecule has 0 bridgehead atoms. The second-order valence-corrected chi connectivity index (χ2v) is 7.14. The third-order valence-electron chi connectivity index (χ3n) is 4.60. The van der Waals surface area contributed by atoms with E-state index in [1.54, 1.807) is 23.6 Å². The van der Waals surface area contributed by atoms with Gasteiger partial charge in [-0.05, 0) is 48.6 Å². The Morgan fingerprint density at radius 3 is 2.96 bits per heavy atom. The van der Waals surface area contributed by atoms with Crippen LogP contribution in [0.4, 0.5) is 0 Å². The van der Waals surface area contributed by atoms with Gasteiger partial charge in [0.15, 0.2) is 0 Å². The summed E-state index contributed by atoms with van der Waals surface area (Å²) < 4.78 is 1.81. The minimum absolute atomic E-state index is 0.0526. The molecule has 0 unspecified atom stereocenters. The van der Waals surface area contributed by atoms with Crippen molar-refractivity contribution in [2.75, 3.05) is 6.54 Å². The molecule has 1 amide bonds. The number of hydrogen-bond acceptors (Lipinski definition) is 3. The van der Waals surface area contributed by atoms with Crippen molar-refractivity contribution in [3.63, 3.8) is 0 Å².